The van der Waals surface area contributed by atoms with E-state index in [1.54, 1.807) is 0 Å². The van der Waals surface area contributed by atoms with E-state index in [1.807, 2.05) is 29.8 Å². The number of rotatable bonds is 5. The van der Waals surface area contributed by atoms with Crippen LogP contribution in [0.5, 0.6) is 0 Å². The van der Waals surface area contributed by atoms with Crippen molar-refractivity contribution in [3.05, 3.63) is 46.8 Å². The van der Waals surface area contributed by atoms with Crippen molar-refractivity contribution in [1.29, 1.82) is 0 Å². The summed E-state index contributed by atoms with van der Waals surface area (Å²) in [5, 5.41) is 7.69. The minimum absolute atomic E-state index is 0.0280. The number of carbonyl (C=O) groups is 1. The summed E-state index contributed by atoms with van der Waals surface area (Å²) in [4.78, 5) is 12.7. The van der Waals surface area contributed by atoms with Gasteiger partial charge in [0.25, 0.3) is 5.91 Å². The van der Waals surface area contributed by atoms with E-state index in [9.17, 15) is 4.79 Å². The normalized spacial score (nSPS) is 11.3. The highest BCUT2D eigenvalue weighted by molar-refractivity contribution is 5.96. The van der Waals surface area contributed by atoms with Crippen molar-refractivity contribution in [2.75, 3.05) is 6.54 Å². The number of hydrogen-bond acceptors (Lipinski definition) is 2. The monoisotopic (exact) mass is 313 g/mol. The van der Waals surface area contributed by atoms with Crippen LogP contribution in [-0.2, 0) is 0 Å². The van der Waals surface area contributed by atoms with Crippen LogP contribution in [0.25, 0.3) is 5.69 Å². The Kier molecular flexibility index (Phi) is 5.24. The Labute approximate surface area is 138 Å². The van der Waals surface area contributed by atoms with Crippen molar-refractivity contribution < 1.29 is 4.79 Å². The lowest BCUT2D eigenvalue weighted by atomic mass is 10.0. The maximum Gasteiger partial charge on any atom is 0.255 e. The first-order valence-corrected chi connectivity index (χ1v) is 8.26. The molecule has 0 saturated heterocycles. The summed E-state index contributed by atoms with van der Waals surface area (Å²) in [5.74, 6) is 0.600. The van der Waals surface area contributed by atoms with Crippen molar-refractivity contribution in [2.45, 2.75) is 47.5 Å². The molecule has 2 aromatic rings. The molecule has 1 aromatic carbocycles. The summed E-state index contributed by atoms with van der Waals surface area (Å²) in [7, 11) is 0. The lowest BCUT2D eigenvalue weighted by Gasteiger charge is -2.15. The van der Waals surface area contributed by atoms with E-state index in [-0.39, 0.29) is 11.8 Å². The second-order valence-corrected chi connectivity index (χ2v) is 6.80. The molecule has 23 heavy (non-hydrogen) atoms. The number of benzene rings is 1. The molecule has 0 saturated carbocycles. The molecule has 1 aromatic heterocycles. The number of hydrogen-bond donors (Lipinski definition) is 1. The third-order valence-corrected chi connectivity index (χ3v) is 3.88. The minimum atomic E-state index is -0.0280. The van der Waals surface area contributed by atoms with Crippen LogP contribution in [-0.4, -0.2) is 22.2 Å². The number of carbonyl (C=O) groups excluding carboxylic acids is 1. The molecule has 0 unspecified atom stereocenters. The topological polar surface area (TPSA) is 46.9 Å². The van der Waals surface area contributed by atoms with E-state index in [4.69, 9.17) is 0 Å². The van der Waals surface area contributed by atoms with Crippen molar-refractivity contribution in [2.24, 2.45) is 5.92 Å². The van der Waals surface area contributed by atoms with Gasteiger partial charge in [0.2, 0.25) is 0 Å². The summed E-state index contributed by atoms with van der Waals surface area (Å²) in [6, 6.07) is 8.13. The van der Waals surface area contributed by atoms with Crippen LogP contribution in [0.3, 0.4) is 0 Å². The zero-order valence-electron chi connectivity index (χ0n) is 15.0. The average molecular weight is 313 g/mol. The van der Waals surface area contributed by atoms with Crippen LogP contribution >= 0.6 is 0 Å². The number of amides is 1. The van der Waals surface area contributed by atoms with Crippen LogP contribution in [0.2, 0.25) is 0 Å². The van der Waals surface area contributed by atoms with E-state index in [0.29, 0.717) is 18.0 Å². The standard InChI is InChI=1S/C19H27N3O/c1-12(2)11-20-19(23)17-15(6)21-22(18(17)13(3)4)16-10-8-7-9-14(16)5/h7-10,12-13H,11H2,1-6H3,(H,20,23). The summed E-state index contributed by atoms with van der Waals surface area (Å²) in [6.45, 7) is 13.0. The largest absolute Gasteiger partial charge is 0.352 e. The van der Waals surface area contributed by atoms with Gasteiger partial charge in [0, 0.05) is 6.54 Å². The van der Waals surface area contributed by atoms with Gasteiger partial charge in [-0.2, -0.15) is 5.10 Å². The second kappa shape index (κ2) is 6.99. The molecule has 4 nitrogen and oxygen atoms in total. The average Bonchev–Trinajstić information content (AvgIpc) is 2.82. The molecule has 0 radical (unpaired) electrons. The molecule has 0 bridgehead atoms. The number of nitrogens with one attached hydrogen (secondary N) is 1. The Morgan fingerprint density at radius 2 is 1.83 bits per heavy atom. The highest BCUT2D eigenvalue weighted by Gasteiger charge is 2.24. The molecule has 4 heteroatoms. The Balaban J connectivity index is 2.53. The maximum atomic E-state index is 12.7. The SMILES string of the molecule is Cc1ccccc1-n1nc(C)c(C(=O)NCC(C)C)c1C(C)C. The highest BCUT2D eigenvalue weighted by atomic mass is 16.1. The summed E-state index contributed by atoms with van der Waals surface area (Å²) in [6.07, 6.45) is 0. The zero-order chi connectivity index (χ0) is 17.1. The van der Waals surface area contributed by atoms with Gasteiger partial charge in [0.15, 0.2) is 0 Å². The molecule has 124 valence electrons. The van der Waals surface area contributed by atoms with Gasteiger partial charge >= 0.3 is 0 Å². The van der Waals surface area contributed by atoms with Crippen molar-refractivity contribution in [1.82, 2.24) is 15.1 Å². The molecule has 0 atom stereocenters. The van der Waals surface area contributed by atoms with Gasteiger partial charge in [0.05, 0.1) is 22.6 Å². The predicted molar refractivity (Wildman–Crippen MR) is 94.3 cm³/mol. The fraction of sp³-hybridized carbons (Fsp3) is 0.474. The van der Waals surface area contributed by atoms with Crippen LogP contribution in [0.1, 0.15) is 60.9 Å². The quantitative estimate of drug-likeness (QED) is 0.907. The first-order valence-electron chi connectivity index (χ1n) is 8.26. The zero-order valence-corrected chi connectivity index (χ0v) is 15.0. The maximum absolute atomic E-state index is 12.7. The van der Waals surface area contributed by atoms with Gasteiger partial charge in [-0.1, -0.05) is 45.9 Å². The van der Waals surface area contributed by atoms with Gasteiger partial charge in [-0.05, 0) is 37.3 Å². The van der Waals surface area contributed by atoms with Gasteiger partial charge in [-0.25, -0.2) is 4.68 Å². The Hall–Kier alpha value is -2.10. The number of aromatic nitrogens is 2. The molecular formula is C19H27N3O. The molecule has 0 fully saturated rings. The molecule has 0 spiro atoms. The summed E-state index contributed by atoms with van der Waals surface area (Å²) < 4.78 is 1.93. The number of nitrogens with zero attached hydrogens (tertiary/aromatic N) is 2. The van der Waals surface area contributed by atoms with Gasteiger partial charge in [0.1, 0.15) is 0 Å². The van der Waals surface area contributed by atoms with E-state index >= 15 is 0 Å². The Morgan fingerprint density at radius 1 is 1.17 bits per heavy atom. The molecule has 2 rings (SSSR count). The van der Waals surface area contributed by atoms with Gasteiger partial charge < -0.3 is 5.32 Å². The smallest absolute Gasteiger partial charge is 0.255 e. The van der Waals surface area contributed by atoms with Crippen molar-refractivity contribution in [3.63, 3.8) is 0 Å². The minimum Gasteiger partial charge on any atom is -0.352 e. The predicted octanol–water partition coefficient (Wildman–Crippen LogP) is 4.00. The van der Waals surface area contributed by atoms with E-state index in [1.165, 1.54) is 0 Å². The van der Waals surface area contributed by atoms with Crippen LogP contribution < -0.4 is 5.32 Å². The van der Waals surface area contributed by atoms with Gasteiger partial charge in [-0.3, -0.25) is 4.79 Å². The van der Waals surface area contributed by atoms with Crippen LogP contribution in [0.4, 0.5) is 0 Å². The molecular weight excluding hydrogens is 286 g/mol. The van der Waals surface area contributed by atoms with Crippen LogP contribution in [0.15, 0.2) is 24.3 Å². The molecule has 1 N–H and O–H groups in total. The van der Waals surface area contributed by atoms with E-state index < -0.39 is 0 Å². The molecule has 1 amide bonds. The second-order valence-electron chi connectivity index (χ2n) is 6.80. The van der Waals surface area contributed by atoms with E-state index in [2.05, 4.69) is 51.1 Å². The highest BCUT2D eigenvalue weighted by Crippen LogP contribution is 2.27. The van der Waals surface area contributed by atoms with Gasteiger partial charge in [-0.15, -0.1) is 0 Å². The van der Waals surface area contributed by atoms with Crippen LogP contribution in [0, 0.1) is 19.8 Å². The van der Waals surface area contributed by atoms with Crippen molar-refractivity contribution >= 4 is 5.91 Å². The Morgan fingerprint density at radius 3 is 2.39 bits per heavy atom. The van der Waals surface area contributed by atoms with E-state index in [0.717, 1.165) is 22.6 Å². The number of aryl methyl sites for hydroxylation is 2. The molecule has 0 aliphatic carbocycles. The lowest BCUT2D eigenvalue weighted by Crippen LogP contribution is -2.28. The molecule has 0 aliphatic heterocycles. The summed E-state index contributed by atoms with van der Waals surface area (Å²) >= 11 is 0. The fourth-order valence-electron chi connectivity index (χ4n) is 2.73. The third kappa shape index (κ3) is 3.63. The lowest BCUT2D eigenvalue weighted by molar-refractivity contribution is 0.0947. The summed E-state index contributed by atoms with van der Waals surface area (Å²) in [5.41, 5.74) is 4.63. The van der Waals surface area contributed by atoms with Crippen molar-refractivity contribution in [3.8, 4) is 5.69 Å². The third-order valence-electron chi connectivity index (χ3n) is 3.88. The fourth-order valence-corrected chi connectivity index (χ4v) is 2.73. The first-order chi connectivity index (χ1) is 10.8. The molecule has 1 heterocycles. The first kappa shape index (κ1) is 17.3. The number of para-hydroxylation sites is 1. The molecule has 0 aliphatic rings. The Bertz CT molecular complexity index is 699.